The molecule has 2 aromatic rings. The number of carbonyl (C=O) groups is 2. The number of imide groups is 1. The van der Waals surface area contributed by atoms with Gasteiger partial charge in [-0.25, -0.2) is 0 Å². The average molecular weight is 270 g/mol. The summed E-state index contributed by atoms with van der Waals surface area (Å²) in [5.41, 5.74) is 7.44. The predicted molar refractivity (Wildman–Crippen MR) is 76.1 cm³/mol. The van der Waals surface area contributed by atoms with Crippen LogP contribution in [0.5, 0.6) is 0 Å². The van der Waals surface area contributed by atoms with E-state index in [9.17, 15) is 9.59 Å². The minimum absolute atomic E-state index is 0.119. The van der Waals surface area contributed by atoms with Crippen molar-refractivity contribution in [1.82, 2.24) is 10.3 Å². The van der Waals surface area contributed by atoms with Crippen molar-refractivity contribution in [2.75, 3.05) is 17.2 Å². The molecule has 1 unspecified atom stereocenters. The second-order valence-electron chi connectivity index (χ2n) is 4.81. The lowest BCUT2D eigenvalue weighted by atomic mass is 10.1. The predicted octanol–water partition coefficient (Wildman–Crippen LogP) is 0.668. The van der Waals surface area contributed by atoms with Crippen LogP contribution in [-0.2, 0) is 9.59 Å². The van der Waals surface area contributed by atoms with Crippen LogP contribution < -0.4 is 16.0 Å². The molecule has 0 aliphatic carbocycles. The van der Waals surface area contributed by atoms with E-state index in [1.165, 1.54) is 0 Å². The molecule has 3 N–H and O–H groups in total. The van der Waals surface area contributed by atoms with E-state index in [4.69, 9.17) is 5.73 Å². The summed E-state index contributed by atoms with van der Waals surface area (Å²) in [6.07, 6.45) is 3.40. The molecule has 1 fully saturated rings. The molecule has 0 bridgehead atoms. The van der Waals surface area contributed by atoms with Crippen molar-refractivity contribution in [2.24, 2.45) is 0 Å². The standard InChI is InChI=1S/C14H14N4O2/c1-8-14(20)17-12(19)7-18(8)11-3-2-9-6-16-5-4-10(9)13(11)15/h2-6,8H,7,15H2,1H3,(H,17,19,20). The Morgan fingerprint density at radius 1 is 1.35 bits per heavy atom. The maximum atomic E-state index is 11.7. The number of carbonyl (C=O) groups excluding carboxylic acids is 2. The number of anilines is 2. The fourth-order valence-corrected chi connectivity index (χ4v) is 2.44. The summed E-state index contributed by atoms with van der Waals surface area (Å²) in [6.45, 7) is 1.87. The van der Waals surface area contributed by atoms with Gasteiger partial charge in [0, 0.05) is 23.2 Å². The van der Waals surface area contributed by atoms with Crippen LogP contribution in [-0.4, -0.2) is 29.4 Å². The van der Waals surface area contributed by atoms with Crippen molar-refractivity contribution >= 4 is 34.0 Å². The number of fused-ring (bicyclic) bond motifs is 1. The molecule has 0 spiro atoms. The second kappa shape index (κ2) is 4.48. The van der Waals surface area contributed by atoms with Crippen LogP contribution in [0.3, 0.4) is 0 Å². The van der Waals surface area contributed by atoms with E-state index < -0.39 is 6.04 Å². The minimum Gasteiger partial charge on any atom is -0.397 e. The number of benzene rings is 1. The fraction of sp³-hybridized carbons (Fsp3) is 0.214. The number of rotatable bonds is 1. The van der Waals surface area contributed by atoms with Crippen molar-refractivity contribution in [3.05, 3.63) is 30.6 Å². The Morgan fingerprint density at radius 3 is 2.95 bits per heavy atom. The molecule has 1 aliphatic rings. The van der Waals surface area contributed by atoms with E-state index in [-0.39, 0.29) is 18.4 Å². The highest BCUT2D eigenvalue weighted by molar-refractivity contribution is 6.07. The second-order valence-corrected chi connectivity index (χ2v) is 4.81. The van der Waals surface area contributed by atoms with Crippen LogP contribution in [0.25, 0.3) is 10.8 Å². The molecule has 1 aliphatic heterocycles. The fourth-order valence-electron chi connectivity index (χ4n) is 2.44. The van der Waals surface area contributed by atoms with Gasteiger partial charge in [0.2, 0.25) is 11.8 Å². The molecule has 0 saturated carbocycles. The largest absolute Gasteiger partial charge is 0.397 e. The van der Waals surface area contributed by atoms with Crippen LogP contribution in [0.4, 0.5) is 11.4 Å². The zero-order chi connectivity index (χ0) is 14.3. The van der Waals surface area contributed by atoms with Crippen LogP contribution in [0, 0.1) is 0 Å². The number of nitrogens with one attached hydrogen (secondary N) is 1. The quantitative estimate of drug-likeness (QED) is 0.587. The first-order chi connectivity index (χ1) is 9.58. The monoisotopic (exact) mass is 270 g/mol. The normalized spacial score (nSPS) is 19.2. The molecular weight excluding hydrogens is 256 g/mol. The number of nitrogen functional groups attached to an aromatic ring is 1. The molecule has 2 amide bonds. The van der Waals surface area contributed by atoms with Crippen molar-refractivity contribution in [3.63, 3.8) is 0 Å². The summed E-state index contributed by atoms with van der Waals surface area (Å²) in [6, 6.07) is 5.10. The van der Waals surface area contributed by atoms with Gasteiger partial charge in [0.05, 0.1) is 17.9 Å². The van der Waals surface area contributed by atoms with Crippen molar-refractivity contribution in [1.29, 1.82) is 0 Å². The SMILES string of the molecule is CC1C(=O)NC(=O)CN1c1ccc2cnccc2c1N. The van der Waals surface area contributed by atoms with Gasteiger partial charge in [0.1, 0.15) is 6.04 Å². The van der Waals surface area contributed by atoms with Crippen LogP contribution >= 0.6 is 0 Å². The molecule has 1 atom stereocenters. The lowest BCUT2D eigenvalue weighted by Gasteiger charge is -2.34. The number of aromatic nitrogens is 1. The van der Waals surface area contributed by atoms with Gasteiger partial charge in [-0.1, -0.05) is 6.07 Å². The Balaban J connectivity index is 2.11. The summed E-state index contributed by atoms with van der Waals surface area (Å²) in [4.78, 5) is 29.1. The van der Waals surface area contributed by atoms with Gasteiger partial charge < -0.3 is 10.6 Å². The first kappa shape index (κ1) is 12.4. The zero-order valence-corrected chi connectivity index (χ0v) is 11.0. The highest BCUT2D eigenvalue weighted by atomic mass is 16.2. The Hall–Kier alpha value is -2.63. The number of hydrogen-bond donors (Lipinski definition) is 2. The van der Waals surface area contributed by atoms with Gasteiger partial charge in [-0.05, 0) is 19.1 Å². The van der Waals surface area contributed by atoms with Crippen LogP contribution in [0.15, 0.2) is 30.6 Å². The summed E-state index contributed by atoms with van der Waals surface area (Å²) in [7, 11) is 0. The number of pyridine rings is 1. The highest BCUT2D eigenvalue weighted by Gasteiger charge is 2.31. The van der Waals surface area contributed by atoms with E-state index in [0.29, 0.717) is 11.4 Å². The van der Waals surface area contributed by atoms with Gasteiger partial charge in [-0.3, -0.25) is 19.9 Å². The summed E-state index contributed by atoms with van der Waals surface area (Å²) in [5, 5.41) is 4.10. The first-order valence-corrected chi connectivity index (χ1v) is 6.30. The van der Waals surface area contributed by atoms with Gasteiger partial charge in [0.25, 0.3) is 0 Å². The topological polar surface area (TPSA) is 88.3 Å². The molecule has 102 valence electrons. The Labute approximate surface area is 115 Å². The average Bonchev–Trinajstić information content (AvgIpc) is 2.44. The van der Waals surface area contributed by atoms with E-state index in [0.717, 1.165) is 10.8 Å². The smallest absolute Gasteiger partial charge is 0.249 e. The third kappa shape index (κ3) is 1.85. The summed E-state index contributed by atoms with van der Waals surface area (Å²) < 4.78 is 0. The highest BCUT2D eigenvalue weighted by Crippen LogP contribution is 2.32. The third-order valence-corrected chi connectivity index (χ3v) is 3.57. The third-order valence-electron chi connectivity index (χ3n) is 3.57. The van der Waals surface area contributed by atoms with E-state index in [1.807, 2.05) is 18.2 Å². The molecular formula is C14H14N4O2. The minimum atomic E-state index is -0.436. The number of nitrogens with two attached hydrogens (primary N) is 1. The molecule has 0 radical (unpaired) electrons. The summed E-state index contributed by atoms with van der Waals surface area (Å²) >= 11 is 0. The molecule has 6 heteroatoms. The molecule has 2 heterocycles. The number of nitrogens with zero attached hydrogens (tertiary/aromatic N) is 2. The molecule has 3 rings (SSSR count). The molecule has 1 saturated heterocycles. The first-order valence-electron chi connectivity index (χ1n) is 6.30. The number of piperazine rings is 1. The molecule has 1 aromatic heterocycles. The van der Waals surface area contributed by atoms with Gasteiger partial charge in [-0.15, -0.1) is 0 Å². The maximum absolute atomic E-state index is 11.7. The van der Waals surface area contributed by atoms with E-state index in [2.05, 4.69) is 10.3 Å². The molecule has 20 heavy (non-hydrogen) atoms. The lowest BCUT2D eigenvalue weighted by molar-refractivity contribution is -0.132. The lowest BCUT2D eigenvalue weighted by Crippen LogP contribution is -2.57. The van der Waals surface area contributed by atoms with Gasteiger partial charge in [-0.2, -0.15) is 0 Å². The number of amides is 2. The van der Waals surface area contributed by atoms with Crippen molar-refractivity contribution in [3.8, 4) is 0 Å². The molecule has 1 aromatic carbocycles. The van der Waals surface area contributed by atoms with E-state index >= 15 is 0 Å². The van der Waals surface area contributed by atoms with Crippen molar-refractivity contribution < 1.29 is 9.59 Å². The van der Waals surface area contributed by atoms with Crippen molar-refractivity contribution in [2.45, 2.75) is 13.0 Å². The Bertz CT molecular complexity index is 713. The van der Waals surface area contributed by atoms with Crippen LogP contribution in [0.2, 0.25) is 0 Å². The molecule has 6 nitrogen and oxygen atoms in total. The van der Waals surface area contributed by atoms with E-state index in [1.54, 1.807) is 24.2 Å². The Morgan fingerprint density at radius 2 is 2.15 bits per heavy atom. The van der Waals surface area contributed by atoms with Gasteiger partial charge in [0.15, 0.2) is 0 Å². The Kier molecular flexibility index (Phi) is 2.78. The number of hydrogen-bond acceptors (Lipinski definition) is 5. The van der Waals surface area contributed by atoms with Gasteiger partial charge >= 0.3 is 0 Å². The zero-order valence-electron chi connectivity index (χ0n) is 11.0. The van der Waals surface area contributed by atoms with Crippen LogP contribution in [0.1, 0.15) is 6.92 Å². The summed E-state index contributed by atoms with van der Waals surface area (Å²) in [5.74, 6) is -0.627. The maximum Gasteiger partial charge on any atom is 0.249 e.